The van der Waals surface area contributed by atoms with Gasteiger partial charge in [0.1, 0.15) is 22.8 Å². The summed E-state index contributed by atoms with van der Waals surface area (Å²) in [6, 6.07) is 12.2. The molecule has 1 amide bonds. The summed E-state index contributed by atoms with van der Waals surface area (Å²) in [5.74, 6) is 1.80. The molecular formula is C22H22ClNO5. The Labute approximate surface area is 174 Å². The van der Waals surface area contributed by atoms with E-state index in [9.17, 15) is 9.59 Å². The number of benzene rings is 2. The van der Waals surface area contributed by atoms with Crippen molar-refractivity contribution in [3.05, 3.63) is 53.1 Å². The minimum atomic E-state index is -0.549. The van der Waals surface area contributed by atoms with Crippen LogP contribution >= 0.6 is 11.6 Å². The zero-order chi connectivity index (χ0) is 20.4. The number of methoxy groups -OCH3 is 1. The van der Waals surface area contributed by atoms with Crippen molar-refractivity contribution in [2.75, 3.05) is 26.8 Å². The normalized spacial score (nSPS) is 17.4. The maximum absolute atomic E-state index is 12.7. The molecule has 0 saturated carbocycles. The maximum atomic E-state index is 12.7. The van der Waals surface area contributed by atoms with E-state index < -0.39 is 5.60 Å². The largest absolute Gasteiger partial charge is 0.497 e. The van der Waals surface area contributed by atoms with Crippen molar-refractivity contribution in [1.82, 2.24) is 4.90 Å². The number of piperidine rings is 1. The summed E-state index contributed by atoms with van der Waals surface area (Å²) in [5, 5.41) is 0.618. The molecule has 2 aliphatic heterocycles. The molecule has 0 radical (unpaired) electrons. The molecule has 7 heteroatoms. The van der Waals surface area contributed by atoms with Crippen LogP contribution in [0.1, 0.15) is 29.6 Å². The monoisotopic (exact) mass is 415 g/mol. The molecule has 0 aromatic heterocycles. The maximum Gasteiger partial charge on any atom is 0.260 e. The van der Waals surface area contributed by atoms with Gasteiger partial charge in [0, 0.05) is 31.0 Å². The third-order valence-corrected chi connectivity index (χ3v) is 5.75. The van der Waals surface area contributed by atoms with Gasteiger partial charge in [0.15, 0.2) is 12.4 Å². The lowest BCUT2D eigenvalue weighted by molar-refractivity contribution is -0.136. The number of Topliss-reactive ketones (excluding diaryl/α,β-unsaturated/α-hetero) is 1. The Hall–Kier alpha value is -2.73. The van der Waals surface area contributed by atoms with Crippen LogP contribution in [0, 0.1) is 0 Å². The van der Waals surface area contributed by atoms with Crippen LogP contribution in [-0.4, -0.2) is 49.0 Å². The van der Waals surface area contributed by atoms with Crippen LogP contribution < -0.4 is 14.2 Å². The number of amides is 1. The highest BCUT2D eigenvalue weighted by Gasteiger charge is 2.43. The van der Waals surface area contributed by atoms with E-state index in [1.165, 1.54) is 0 Å². The molecular weight excluding hydrogens is 394 g/mol. The molecule has 0 aliphatic carbocycles. The number of fused-ring (bicyclic) bond motifs is 1. The molecule has 6 nitrogen and oxygen atoms in total. The molecule has 1 fully saturated rings. The molecule has 2 aromatic carbocycles. The number of carbonyl (C=O) groups excluding carboxylic acids is 2. The number of halogens is 1. The van der Waals surface area contributed by atoms with E-state index in [1.807, 2.05) is 0 Å². The van der Waals surface area contributed by atoms with E-state index >= 15 is 0 Å². The van der Waals surface area contributed by atoms with Crippen molar-refractivity contribution in [3.8, 4) is 17.2 Å². The van der Waals surface area contributed by atoms with E-state index in [4.69, 9.17) is 25.8 Å². The Morgan fingerprint density at radius 2 is 1.83 bits per heavy atom. The van der Waals surface area contributed by atoms with Crippen molar-refractivity contribution in [1.29, 1.82) is 0 Å². The summed E-state index contributed by atoms with van der Waals surface area (Å²) in [6.45, 7) is 1.03. The Balaban J connectivity index is 1.35. The van der Waals surface area contributed by atoms with Crippen molar-refractivity contribution < 1.29 is 23.8 Å². The Morgan fingerprint density at radius 1 is 1.14 bits per heavy atom. The lowest BCUT2D eigenvalue weighted by atomic mass is 9.82. The molecule has 2 heterocycles. The highest BCUT2D eigenvalue weighted by molar-refractivity contribution is 6.30. The molecule has 4 rings (SSSR count). The number of likely N-dealkylation sites (tertiary alicyclic amines) is 1. The number of ketones is 1. The zero-order valence-electron chi connectivity index (χ0n) is 16.2. The average Bonchev–Trinajstić information content (AvgIpc) is 2.73. The predicted molar refractivity (Wildman–Crippen MR) is 108 cm³/mol. The van der Waals surface area contributed by atoms with E-state index in [0.29, 0.717) is 60.2 Å². The van der Waals surface area contributed by atoms with E-state index in [1.54, 1.807) is 54.5 Å². The third-order valence-electron chi connectivity index (χ3n) is 5.50. The molecule has 152 valence electrons. The minimum absolute atomic E-state index is 0.0307. The summed E-state index contributed by atoms with van der Waals surface area (Å²) >= 11 is 5.85. The molecule has 0 bridgehead atoms. The molecule has 29 heavy (non-hydrogen) atoms. The number of ether oxygens (including phenoxy) is 3. The molecule has 0 unspecified atom stereocenters. The number of rotatable bonds is 4. The second kappa shape index (κ2) is 7.95. The van der Waals surface area contributed by atoms with Crippen LogP contribution in [0.25, 0.3) is 0 Å². The van der Waals surface area contributed by atoms with Gasteiger partial charge >= 0.3 is 0 Å². The SMILES string of the molecule is COc1ccc2c(c1)C(=O)CC1(CCN(C(=O)COc3ccc(Cl)cc3)CC1)O2. The highest BCUT2D eigenvalue weighted by atomic mass is 35.5. The van der Waals surface area contributed by atoms with Crippen LogP contribution in [0.3, 0.4) is 0 Å². The summed E-state index contributed by atoms with van der Waals surface area (Å²) in [6.07, 6.45) is 1.53. The fourth-order valence-corrected chi connectivity index (χ4v) is 3.94. The van der Waals surface area contributed by atoms with Gasteiger partial charge in [-0.3, -0.25) is 9.59 Å². The molecule has 1 saturated heterocycles. The standard InChI is InChI=1S/C22H22ClNO5/c1-27-17-6-7-20-18(12-17)19(25)13-22(29-20)8-10-24(11-9-22)21(26)14-28-16-4-2-15(23)3-5-16/h2-7,12H,8-11,13-14H2,1H3. The zero-order valence-corrected chi connectivity index (χ0v) is 16.9. The first kappa shape index (κ1) is 19.6. The quantitative estimate of drug-likeness (QED) is 0.760. The summed E-state index contributed by atoms with van der Waals surface area (Å²) in [4.78, 5) is 26.9. The fraction of sp³-hybridized carbons (Fsp3) is 0.364. The van der Waals surface area contributed by atoms with E-state index in [2.05, 4.69) is 0 Å². The second-order valence-electron chi connectivity index (χ2n) is 7.37. The number of carbonyl (C=O) groups is 2. The number of hydrogen-bond acceptors (Lipinski definition) is 5. The van der Waals surface area contributed by atoms with Crippen molar-refractivity contribution in [2.24, 2.45) is 0 Å². The van der Waals surface area contributed by atoms with Gasteiger partial charge in [0.05, 0.1) is 19.1 Å². The van der Waals surface area contributed by atoms with Gasteiger partial charge in [0.2, 0.25) is 0 Å². The smallest absolute Gasteiger partial charge is 0.260 e. The van der Waals surface area contributed by atoms with E-state index in [-0.39, 0.29) is 18.3 Å². The predicted octanol–water partition coefficient (Wildman–Crippen LogP) is 3.75. The van der Waals surface area contributed by atoms with E-state index in [0.717, 1.165) is 0 Å². The van der Waals surface area contributed by atoms with Crippen molar-refractivity contribution in [3.63, 3.8) is 0 Å². The number of hydrogen-bond donors (Lipinski definition) is 0. The minimum Gasteiger partial charge on any atom is -0.497 e. The van der Waals surface area contributed by atoms with Gasteiger partial charge < -0.3 is 19.1 Å². The summed E-state index contributed by atoms with van der Waals surface area (Å²) in [7, 11) is 1.57. The second-order valence-corrected chi connectivity index (χ2v) is 7.81. The first-order valence-corrected chi connectivity index (χ1v) is 9.92. The van der Waals surface area contributed by atoms with Crippen LogP contribution in [0.15, 0.2) is 42.5 Å². The average molecular weight is 416 g/mol. The molecule has 2 aliphatic rings. The van der Waals surface area contributed by atoms with Crippen LogP contribution in [-0.2, 0) is 4.79 Å². The highest BCUT2D eigenvalue weighted by Crippen LogP contribution is 2.40. The molecule has 1 spiro atoms. The van der Waals surface area contributed by atoms with Crippen LogP contribution in [0.5, 0.6) is 17.2 Å². The summed E-state index contributed by atoms with van der Waals surface area (Å²) in [5.41, 5.74) is 0.0109. The first-order valence-electron chi connectivity index (χ1n) is 9.54. The molecule has 0 atom stereocenters. The van der Waals surface area contributed by atoms with Gasteiger partial charge in [-0.05, 0) is 42.5 Å². The Bertz CT molecular complexity index is 919. The van der Waals surface area contributed by atoms with Crippen LogP contribution in [0.2, 0.25) is 5.02 Å². The summed E-state index contributed by atoms with van der Waals surface area (Å²) < 4.78 is 17.0. The van der Waals surface area contributed by atoms with Gasteiger partial charge in [-0.15, -0.1) is 0 Å². The van der Waals surface area contributed by atoms with Crippen molar-refractivity contribution in [2.45, 2.75) is 24.9 Å². The van der Waals surface area contributed by atoms with Gasteiger partial charge in [-0.2, -0.15) is 0 Å². The fourth-order valence-electron chi connectivity index (χ4n) is 3.81. The number of nitrogens with zero attached hydrogens (tertiary/aromatic N) is 1. The first-order chi connectivity index (χ1) is 14.0. The Morgan fingerprint density at radius 3 is 2.52 bits per heavy atom. The lowest BCUT2D eigenvalue weighted by Crippen LogP contribution is -2.53. The van der Waals surface area contributed by atoms with Gasteiger partial charge in [-0.1, -0.05) is 11.6 Å². The third kappa shape index (κ3) is 4.17. The molecule has 2 aromatic rings. The van der Waals surface area contributed by atoms with Crippen molar-refractivity contribution >= 4 is 23.3 Å². The topological polar surface area (TPSA) is 65.1 Å². The Kier molecular flexibility index (Phi) is 5.37. The van der Waals surface area contributed by atoms with Gasteiger partial charge in [0.25, 0.3) is 5.91 Å². The lowest BCUT2D eigenvalue weighted by Gasteiger charge is -2.43. The van der Waals surface area contributed by atoms with Crippen LogP contribution in [0.4, 0.5) is 0 Å². The van der Waals surface area contributed by atoms with Gasteiger partial charge in [-0.25, -0.2) is 0 Å². The molecule has 0 N–H and O–H groups in total.